The Morgan fingerprint density at radius 3 is 2.80 bits per heavy atom. The SMILES string of the molecule is COCCNC(=O)c1c(NC(=O)CN2CCC(c3nc4ccccc4o3)CC2)sc2c1CCCC2. The highest BCUT2D eigenvalue weighted by Crippen LogP contribution is 2.38. The second kappa shape index (κ2) is 10.9. The van der Waals surface area contributed by atoms with E-state index in [1.54, 1.807) is 18.4 Å². The second-order valence-corrected chi connectivity index (χ2v) is 10.4. The van der Waals surface area contributed by atoms with Crippen LogP contribution in [-0.2, 0) is 22.4 Å². The molecule has 0 bridgehead atoms. The van der Waals surface area contributed by atoms with E-state index < -0.39 is 0 Å². The molecule has 35 heavy (non-hydrogen) atoms. The molecule has 0 spiro atoms. The maximum atomic E-state index is 13.0. The van der Waals surface area contributed by atoms with Crippen molar-refractivity contribution in [2.75, 3.05) is 45.2 Å². The Labute approximate surface area is 209 Å². The van der Waals surface area contributed by atoms with Crippen molar-refractivity contribution >= 4 is 39.3 Å². The molecule has 2 amide bonds. The average molecular weight is 497 g/mol. The number of nitrogens with one attached hydrogen (secondary N) is 2. The van der Waals surface area contributed by atoms with Crippen LogP contribution in [0, 0.1) is 0 Å². The van der Waals surface area contributed by atoms with E-state index in [2.05, 4.69) is 20.5 Å². The van der Waals surface area contributed by atoms with Gasteiger partial charge in [0.2, 0.25) is 5.91 Å². The number of methoxy groups -OCH3 is 1. The topological polar surface area (TPSA) is 96.7 Å². The van der Waals surface area contributed by atoms with Gasteiger partial charge < -0.3 is 19.8 Å². The minimum Gasteiger partial charge on any atom is -0.440 e. The molecule has 9 heteroatoms. The van der Waals surface area contributed by atoms with Crippen molar-refractivity contribution < 1.29 is 18.7 Å². The normalized spacial score (nSPS) is 16.8. The van der Waals surface area contributed by atoms with E-state index in [4.69, 9.17) is 9.15 Å². The number of aryl methyl sites for hydroxylation is 1. The molecule has 8 nitrogen and oxygen atoms in total. The fraction of sp³-hybridized carbons (Fsp3) is 0.500. The molecule has 0 unspecified atom stereocenters. The van der Waals surface area contributed by atoms with E-state index in [9.17, 15) is 9.59 Å². The Kier molecular flexibility index (Phi) is 7.46. The zero-order chi connectivity index (χ0) is 24.2. The van der Waals surface area contributed by atoms with Crippen LogP contribution in [0.15, 0.2) is 28.7 Å². The Morgan fingerprint density at radius 2 is 2.00 bits per heavy atom. The number of piperidine rings is 1. The maximum Gasteiger partial charge on any atom is 0.254 e. The first kappa shape index (κ1) is 24.0. The van der Waals surface area contributed by atoms with Gasteiger partial charge in [-0.05, 0) is 69.3 Å². The van der Waals surface area contributed by atoms with Crippen LogP contribution in [0.2, 0.25) is 0 Å². The summed E-state index contributed by atoms with van der Waals surface area (Å²) >= 11 is 1.56. The molecule has 2 N–H and O–H groups in total. The largest absolute Gasteiger partial charge is 0.440 e. The lowest BCUT2D eigenvalue weighted by atomic mass is 9.95. The molecule has 0 radical (unpaired) electrons. The molecule has 0 saturated carbocycles. The minimum absolute atomic E-state index is 0.0742. The standard InChI is InChI=1S/C26H32N4O4S/c1-33-15-12-27-24(32)23-18-6-2-5-9-21(18)35-26(23)29-22(31)16-30-13-10-17(11-14-30)25-28-19-7-3-4-8-20(19)34-25/h3-4,7-8,17H,2,5-6,9-16H2,1H3,(H,27,32)(H,29,31). The number of oxazole rings is 1. The van der Waals surface area contributed by atoms with Crippen molar-refractivity contribution in [2.45, 2.75) is 44.4 Å². The fourth-order valence-electron chi connectivity index (χ4n) is 5.02. The summed E-state index contributed by atoms with van der Waals surface area (Å²) < 4.78 is 11.0. The number of fused-ring (bicyclic) bond motifs is 2. The van der Waals surface area contributed by atoms with Crippen LogP contribution >= 0.6 is 11.3 Å². The number of anilines is 1. The van der Waals surface area contributed by atoms with E-state index in [1.165, 1.54) is 4.88 Å². The number of aromatic nitrogens is 1. The summed E-state index contributed by atoms with van der Waals surface area (Å²) in [6.45, 7) is 2.83. The Hall–Kier alpha value is -2.75. The second-order valence-electron chi connectivity index (χ2n) is 9.28. The molecule has 1 aliphatic heterocycles. The highest BCUT2D eigenvalue weighted by Gasteiger charge is 2.28. The van der Waals surface area contributed by atoms with Gasteiger partial charge in [-0.25, -0.2) is 4.98 Å². The number of para-hydroxylation sites is 2. The zero-order valence-corrected chi connectivity index (χ0v) is 20.9. The van der Waals surface area contributed by atoms with Crippen molar-refractivity contribution in [2.24, 2.45) is 0 Å². The van der Waals surface area contributed by atoms with Gasteiger partial charge in [-0.3, -0.25) is 14.5 Å². The van der Waals surface area contributed by atoms with Crippen LogP contribution in [0.3, 0.4) is 0 Å². The van der Waals surface area contributed by atoms with Crippen LogP contribution in [0.5, 0.6) is 0 Å². The average Bonchev–Trinajstić information content (AvgIpc) is 3.45. The highest BCUT2D eigenvalue weighted by atomic mass is 32.1. The van der Waals surface area contributed by atoms with Gasteiger partial charge in [-0.1, -0.05) is 12.1 Å². The summed E-state index contributed by atoms with van der Waals surface area (Å²) in [5, 5.41) is 6.67. The molecule has 2 aromatic heterocycles. The summed E-state index contributed by atoms with van der Waals surface area (Å²) in [6, 6.07) is 7.84. The van der Waals surface area contributed by atoms with Gasteiger partial charge in [0.05, 0.1) is 18.7 Å². The van der Waals surface area contributed by atoms with Gasteiger partial charge in [-0.2, -0.15) is 0 Å². The number of benzene rings is 1. The first-order chi connectivity index (χ1) is 17.1. The molecule has 2 aliphatic rings. The number of likely N-dealkylation sites (tertiary alicyclic amines) is 1. The van der Waals surface area contributed by atoms with Gasteiger partial charge in [0, 0.05) is 24.4 Å². The van der Waals surface area contributed by atoms with E-state index in [-0.39, 0.29) is 17.7 Å². The first-order valence-electron chi connectivity index (χ1n) is 12.4. The van der Waals surface area contributed by atoms with Crippen LogP contribution < -0.4 is 10.6 Å². The van der Waals surface area contributed by atoms with Gasteiger partial charge >= 0.3 is 0 Å². The molecule has 1 saturated heterocycles. The number of nitrogens with zero attached hydrogens (tertiary/aromatic N) is 2. The third kappa shape index (κ3) is 5.42. The molecule has 3 heterocycles. The quantitative estimate of drug-likeness (QED) is 0.458. The Bertz CT molecular complexity index is 1160. The number of rotatable bonds is 8. The van der Waals surface area contributed by atoms with Crippen molar-refractivity contribution in [3.05, 3.63) is 46.2 Å². The van der Waals surface area contributed by atoms with Crippen LogP contribution in [-0.4, -0.2) is 61.6 Å². The predicted molar refractivity (Wildman–Crippen MR) is 136 cm³/mol. The lowest BCUT2D eigenvalue weighted by Crippen LogP contribution is -2.39. The van der Waals surface area contributed by atoms with Gasteiger partial charge in [-0.15, -0.1) is 11.3 Å². The van der Waals surface area contributed by atoms with Crippen LogP contribution in [0.1, 0.15) is 58.3 Å². The number of amides is 2. The number of hydrogen-bond acceptors (Lipinski definition) is 7. The molecule has 1 fully saturated rings. The number of hydrogen-bond donors (Lipinski definition) is 2. The molecule has 3 aromatic rings. The lowest BCUT2D eigenvalue weighted by Gasteiger charge is -2.29. The number of thiophene rings is 1. The zero-order valence-electron chi connectivity index (χ0n) is 20.1. The smallest absolute Gasteiger partial charge is 0.254 e. The molecule has 0 atom stereocenters. The van der Waals surface area contributed by atoms with Crippen molar-refractivity contribution in [3.8, 4) is 0 Å². The highest BCUT2D eigenvalue weighted by molar-refractivity contribution is 7.17. The minimum atomic E-state index is -0.129. The number of ether oxygens (including phenoxy) is 1. The molecular weight excluding hydrogens is 464 g/mol. The molecule has 1 aliphatic carbocycles. The summed E-state index contributed by atoms with van der Waals surface area (Å²) in [6.07, 6.45) is 5.86. The van der Waals surface area contributed by atoms with Crippen molar-refractivity contribution in [1.29, 1.82) is 0 Å². The molecule has 186 valence electrons. The molecule has 5 rings (SSSR count). The third-order valence-electron chi connectivity index (χ3n) is 6.86. The van der Waals surface area contributed by atoms with Gasteiger partial charge in [0.25, 0.3) is 5.91 Å². The Morgan fingerprint density at radius 1 is 1.20 bits per heavy atom. The fourth-order valence-corrected chi connectivity index (χ4v) is 6.32. The first-order valence-corrected chi connectivity index (χ1v) is 13.2. The van der Waals surface area contributed by atoms with E-state index in [1.807, 2.05) is 24.3 Å². The number of carbonyl (C=O) groups is 2. The van der Waals surface area contributed by atoms with Gasteiger partial charge in [0.1, 0.15) is 10.5 Å². The van der Waals surface area contributed by atoms with Crippen molar-refractivity contribution in [3.63, 3.8) is 0 Å². The summed E-state index contributed by atoms with van der Waals surface area (Å²) in [5.74, 6) is 0.863. The number of carbonyl (C=O) groups excluding carboxylic acids is 2. The lowest BCUT2D eigenvalue weighted by molar-refractivity contribution is -0.117. The predicted octanol–water partition coefficient (Wildman–Crippen LogP) is 3.96. The molecular formula is C26H32N4O4S. The molecule has 1 aromatic carbocycles. The summed E-state index contributed by atoms with van der Waals surface area (Å²) in [5.41, 5.74) is 3.46. The van der Waals surface area contributed by atoms with E-state index >= 15 is 0 Å². The van der Waals surface area contributed by atoms with Crippen LogP contribution in [0.25, 0.3) is 11.1 Å². The summed E-state index contributed by atoms with van der Waals surface area (Å²) in [4.78, 5) is 34.0. The van der Waals surface area contributed by atoms with Gasteiger partial charge in [0.15, 0.2) is 11.5 Å². The summed E-state index contributed by atoms with van der Waals surface area (Å²) in [7, 11) is 1.61. The van der Waals surface area contributed by atoms with E-state index in [0.29, 0.717) is 30.3 Å². The maximum absolute atomic E-state index is 13.0. The van der Waals surface area contributed by atoms with Crippen LogP contribution in [0.4, 0.5) is 5.00 Å². The third-order valence-corrected chi connectivity index (χ3v) is 8.06. The monoisotopic (exact) mass is 496 g/mol. The van der Waals surface area contributed by atoms with E-state index in [0.717, 1.165) is 74.2 Å². The van der Waals surface area contributed by atoms with Crippen molar-refractivity contribution in [1.82, 2.24) is 15.2 Å². The Balaban J connectivity index is 1.19.